The van der Waals surface area contributed by atoms with Crippen LogP contribution >= 0.6 is 0 Å². The lowest BCUT2D eigenvalue weighted by atomic mass is 10.1. The van der Waals surface area contributed by atoms with Crippen molar-refractivity contribution in [2.45, 2.75) is 45.2 Å². The van der Waals surface area contributed by atoms with E-state index in [1.807, 2.05) is 35.2 Å². The van der Waals surface area contributed by atoms with Gasteiger partial charge in [0, 0.05) is 13.1 Å². The zero-order chi connectivity index (χ0) is 21.3. The molecular weight excluding hydrogens is 385 g/mol. The smallest absolute Gasteiger partial charge is 0.310 e. The molecule has 0 unspecified atom stereocenters. The zero-order valence-corrected chi connectivity index (χ0v) is 17.0. The van der Waals surface area contributed by atoms with Gasteiger partial charge >= 0.3 is 5.56 Å². The van der Waals surface area contributed by atoms with E-state index in [1.165, 1.54) is 0 Å². The Hall–Kier alpha value is -3.29. The molecule has 0 bridgehead atoms. The zero-order valence-electron chi connectivity index (χ0n) is 17.0. The van der Waals surface area contributed by atoms with Gasteiger partial charge in [-0.2, -0.15) is 8.91 Å². The van der Waals surface area contributed by atoms with Crippen LogP contribution in [0.15, 0.2) is 47.3 Å². The second-order valence-electron chi connectivity index (χ2n) is 7.79. The van der Waals surface area contributed by atoms with Gasteiger partial charge in [-0.15, -0.1) is 5.10 Å². The maximum atomic E-state index is 14.4. The first-order chi connectivity index (χ1) is 14.5. The van der Waals surface area contributed by atoms with Crippen LogP contribution in [0.5, 0.6) is 0 Å². The quantitative estimate of drug-likeness (QED) is 0.701. The van der Waals surface area contributed by atoms with Gasteiger partial charge in [-0.1, -0.05) is 44.2 Å². The number of hydrogen-bond acceptors (Lipinski definition) is 5. The predicted molar refractivity (Wildman–Crippen MR) is 112 cm³/mol. The molecule has 0 saturated carbocycles. The van der Waals surface area contributed by atoms with Gasteiger partial charge in [0.1, 0.15) is 11.9 Å². The van der Waals surface area contributed by atoms with Crippen molar-refractivity contribution in [2.75, 3.05) is 11.4 Å². The monoisotopic (exact) mass is 409 g/mol. The van der Waals surface area contributed by atoms with Crippen LogP contribution in [0.25, 0.3) is 5.65 Å². The van der Waals surface area contributed by atoms with E-state index in [4.69, 9.17) is 0 Å². The fourth-order valence-electron chi connectivity index (χ4n) is 3.77. The van der Waals surface area contributed by atoms with Gasteiger partial charge in [0.2, 0.25) is 11.7 Å². The Kier molecular flexibility index (Phi) is 5.48. The van der Waals surface area contributed by atoms with E-state index in [0.29, 0.717) is 25.3 Å². The van der Waals surface area contributed by atoms with Gasteiger partial charge in [0.25, 0.3) is 0 Å². The number of aromatic nitrogens is 3. The number of rotatable bonds is 5. The molecule has 1 aliphatic heterocycles. The van der Waals surface area contributed by atoms with Gasteiger partial charge in [0.15, 0.2) is 5.65 Å². The predicted octanol–water partition coefficient (Wildman–Crippen LogP) is 2.64. The fraction of sp³-hybridized carbons (Fsp3) is 0.364. The second kappa shape index (κ2) is 8.22. The fourth-order valence-corrected chi connectivity index (χ4v) is 3.77. The number of nitrogens with one attached hydrogen (secondary N) is 1. The van der Waals surface area contributed by atoms with Crippen molar-refractivity contribution in [3.05, 3.63) is 69.9 Å². The molecule has 1 amide bonds. The Morgan fingerprint density at radius 1 is 1.23 bits per heavy atom. The van der Waals surface area contributed by atoms with Crippen LogP contribution in [0, 0.1) is 5.82 Å². The van der Waals surface area contributed by atoms with E-state index in [1.54, 1.807) is 26.0 Å². The molecule has 3 aromatic rings. The van der Waals surface area contributed by atoms with Crippen LogP contribution in [0.4, 0.5) is 10.2 Å². The number of carbonyl (C=O) groups excluding carboxylic acids is 1. The molecule has 30 heavy (non-hydrogen) atoms. The summed E-state index contributed by atoms with van der Waals surface area (Å²) in [5.41, 5.74) is 0.620. The average Bonchev–Trinajstić information content (AvgIpc) is 3.25. The van der Waals surface area contributed by atoms with Crippen molar-refractivity contribution in [2.24, 2.45) is 0 Å². The first kappa shape index (κ1) is 20.0. The number of anilines is 1. The standard InChI is InChI=1S/C22H24FN5O2/c1-14(2)20-19(23)22(30)28-17(25-20)10-11-18(26-28)27-12-6-9-16(27)21(29)24-13-15-7-4-3-5-8-15/h3-5,7-8,10-11,14,16H,6,9,12-13H2,1-2H3,(H,24,29)/t16-/m1/s1. The molecule has 0 spiro atoms. The maximum Gasteiger partial charge on any atom is 0.310 e. The number of benzene rings is 1. The largest absolute Gasteiger partial charge is 0.350 e. The Morgan fingerprint density at radius 3 is 2.73 bits per heavy atom. The molecule has 2 aromatic heterocycles. The van der Waals surface area contributed by atoms with Crippen LogP contribution in [0.2, 0.25) is 0 Å². The van der Waals surface area contributed by atoms with Gasteiger partial charge in [-0.3, -0.25) is 9.59 Å². The Labute approximate surface area is 173 Å². The van der Waals surface area contributed by atoms with Crippen molar-refractivity contribution >= 4 is 17.4 Å². The first-order valence-electron chi connectivity index (χ1n) is 10.1. The summed E-state index contributed by atoms with van der Waals surface area (Å²) in [5, 5.41) is 7.29. The van der Waals surface area contributed by atoms with Gasteiger partial charge in [-0.05, 0) is 36.5 Å². The van der Waals surface area contributed by atoms with Crippen molar-refractivity contribution < 1.29 is 9.18 Å². The average molecular weight is 409 g/mol. The summed E-state index contributed by atoms with van der Waals surface area (Å²) >= 11 is 0. The molecular formula is C22H24FN5O2. The summed E-state index contributed by atoms with van der Waals surface area (Å²) < 4.78 is 15.4. The topological polar surface area (TPSA) is 79.6 Å². The molecule has 1 atom stereocenters. The number of carbonyl (C=O) groups is 1. The Balaban J connectivity index is 1.59. The van der Waals surface area contributed by atoms with E-state index >= 15 is 0 Å². The second-order valence-corrected chi connectivity index (χ2v) is 7.79. The first-order valence-corrected chi connectivity index (χ1v) is 10.1. The van der Waals surface area contributed by atoms with Crippen LogP contribution in [-0.4, -0.2) is 33.1 Å². The summed E-state index contributed by atoms with van der Waals surface area (Å²) in [4.78, 5) is 31.4. The van der Waals surface area contributed by atoms with Crippen LogP contribution < -0.4 is 15.8 Å². The molecule has 4 rings (SSSR count). The molecule has 0 radical (unpaired) electrons. The molecule has 1 saturated heterocycles. The molecule has 1 N–H and O–H groups in total. The Morgan fingerprint density at radius 2 is 2.00 bits per heavy atom. The molecule has 0 aliphatic carbocycles. The lowest BCUT2D eigenvalue weighted by Gasteiger charge is -2.25. The highest BCUT2D eigenvalue weighted by molar-refractivity contribution is 5.85. The third kappa shape index (κ3) is 3.77. The lowest BCUT2D eigenvalue weighted by Crippen LogP contribution is -2.43. The van der Waals surface area contributed by atoms with Crippen molar-refractivity contribution in [3.63, 3.8) is 0 Å². The molecule has 7 nitrogen and oxygen atoms in total. The minimum Gasteiger partial charge on any atom is -0.350 e. The molecule has 1 aromatic carbocycles. The molecule has 156 valence electrons. The molecule has 1 aliphatic rings. The van der Waals surface area contributed by atoms with Crippen molar-refractivity contribution in [3.8, 4) is 0 Å². The van der Waals surface area contributed by atoms with Crippen LogP contribution in [0.1, 0.15) is 43.9 Å². The highest BCUT2D eigenvalue weighted by Gasteiger charge is 2.32. The normalized spacial score (nSPS) is 16.4. The number of hydrogen-bond donors (Lipinski definition) is 1. The highest BCUT2D eigenvalue weighted by atomic mass is 19.1. The highest BCUT2D eigenvalue weighted by Crippen LogP contribution is 2.24. The Bertz CT molecular complexity index is 1130. The molecule has 3 heterocycles. The number of fused-ring (bicyclic) bond motifs is 1. The van der Waals surface area contributed by atoms with Crippen molar-refractivity contribution in [1.82, 2.24) is 19.9 Å². The molecule has 8 heteroatoms. The lowest BCUT2D eigenvalue weighted by molar-refractivity contribution is -0.122. The number of amides is 1. The van der Waals surface area contributed by atoms with E-state index in [-0.39, 0.29) is 29.2 Å². The van der Waals surface area contributed by atoms with E-state index in [0.717, 1.165) is 16.5 Å². The summed E-state index contributed by atoms with van der Waals surface area (Å²) in [5.74, 6) is -0.727. The van der Waals surface area contributed by atoms with E-state index in [2.05, 4.69) is 15.4 Å². The van der Waals surface area contributed by atoms with Crippen LogP contribution in [0.3, 0.4) is 0 Å². The minimum absolute atomic E-state index is 0.0925. The SMILES string of the molecule is CC(C)c1nc2ccc(N3CCC[C@@H]3C(=O)NCc3ccccc3)nn2c(=O)c1F. The summed E-state index contributed by atoms with van der Waals surface area (Å²) in [6, 6.07) is 12.7. The summed E-state index contributed by atoms with van der Waals surface area (Å²) in [6.45, 7) is 4.65. The molecule has 1 fully saturated rings. The van der Waals surface area contributed by atoms with Crippen LogP contribution in [-0.2, 0) is 11.3 Å². The van der Waals surface area contributed by atoms with Gasteiger partial charge < -0.3 is 10.2 Å². The summed E-state index contributed by atoms with van der Waals surface area (Å²) in [7, 11) is 0. The van der Waals surface area contributed by atoms with Crippen molar-refractivity contribution in [1.29, 1.82) is 0 Å². The third-order valence-corrected chi connectivity index (χ3v) is 5.35. The van der Waals surface area contributed by atoms with E-state index < -0.39 is 11.4 Å². The summed E-state index contributed by atoms with van der Waals surface area (Å²) in [6.07, 6.45) is 1.52. The number of nitrogens with zero attached hydrogens (tertiary/aromatic N) is 4. The van der Waals surface area contributed by atoms with Gasteiger partial charge in [-0.25, -0.2) is 4.98 Å². The minimum atomic E-state index is -0.884. The van der Waals surface area contributed by atoms with Gasteiger partial charge in [0.05, 0.1) is 5.69 Å². The third-order valence-electron chi connectivity index (χ3n) is 5.35. The number of halogens is 1. The maximum absolute atomic E-state index is 14.4. The van der Waals surface area contributed by atoms with E-state index in [9.17, 15) is 14.0 Å².